The molecule has 35 heavy (non-hydrogen) atoms. The van der Waals surface area contributed by atoms with E-state index in [0.717, 1.165) is 42.2 Å². The van der Waals surface area contributed by atoms with Gasteiger partial charge in [0.2, 0.25) is 10.0 Å². The van der Waals surface area contributed by atoms with Crippen LogP contribution in [0, 0.1) is 0 Å². The molecule has 1 heterocycles. The molecule has 0 fully saturated rings. The molecule has 0 amide bonds. The Labute approximate surface area is 209 Å². The molecule has 188 valence electrons. The Hall–Kier alpha value is -2.78. The number of hydrogen-bond acceptors (Lipinski definition) is 6. The van der Waals surface area contributed by atoms with Gasteiger partial charge in [-0.25, -0.2) is 8.42 Å². The summed E-state index contributed by atoms with van der Waals surface area (Å²) in [5.74, 6) is 0.789. The molecule has 0 atom stereocenters. The van der Waals surface area contributed by atoms with E-state index in [1.807, 2.05) is 48.5 Å². The second kappa shape index (κ2) is 13.3. The Morgan fingerprint density at radius 1 is 0.914 bits per heavy atom. The Bertz CT molecular complexity index is 1130. The van der Waals surface area contributed by atoms with Crippen LogP contribution in [0.5, 0.6) is 5.75 Å². The van der Waals surface area contributed by atoms with Gasteiger partial charge in [0, 0.05) is 39.4 Å². The lowest BCUT2D eigenvalue weighted by atomic mass is 10.2. The van der Waals surface area contributed by atoms with Crippen molar-refractivity contribution in [2.75, 3.05) is 33.3 Å². The largest absolute Gasteiger partial charge is 0.492 e. The van der Waals surface area contributed by atoms with E-state index in [-0.39, 0.29) is 11.4 Å². The fraction of sp³-hybridized carbons (Fsp3) is 0.370. The molecule has 0 aliphatic carbocycles. The fourth-order valence-electron chi connectivity index (χ4n) is 3.70. The Kier molecular flexibility index (Phi) is 10.2. The van der Waals surface area contributed by atoms with Crippen LogP contribution in [0.3, 0.4) is 0 Å². The number of nitrogens with zero attached hydrogens (tertiary/aromatic N) is 3. The van der Waals surface area contributed by atoms with Crippen LogP contribution >= 0.6 is 0 Å². The molecule has 2 aromatic carbocycles. The van der Waals surface area contributed by atoms with Crippen molar-refractivity contribution in [3.05, 3.63) is 89.7 Å². The number of pyridine rings is 1. The number of hydrogen-bond donors (Lipinski definition) is 1. The highest BCUT2D eigenvalue weighted by atomic mass is 32.2. The van der Waals surface area contributed by atoms with Crippen LogP contribution in [0.2, 0.25) is 0 Å². The maximum Gasteiger partial charge on any atom is 0.243 e. The minimum atomic E-state index is -3.62. The lowest BCUT2D eigenvalue weighted by molar-refractivity contribution is 0.223. The summed E-state index contributed by atoms with van der Waals surface area (Å²) in [5.41, 5.74) is 2.75. The van der Waals surface area contributed by atoms with E-state index in [2.05, 4.69) is 29.0 Å². The van der Waals surface area contributed by atoms with Crippen molar-refractivity contribution in [3.63, 3.8) is 0 Å². The van der Waals surface area contributed by atoms with E-state index in [9.17, 15) is 8.42 Å². The molecule has 0 aliphatic heterocycles. The molecule has 0 aliphatic rings. The normalized spacial score (nSPS) is 11.8. The highest BCUT2D eigenvalue weighted by molar-refractivity contribution is 7.89. The minimum absolute atomic E-state index is 0.282. The van der Waals surface area contributed by atoms with E-state index < -0.39 is 10.0 Å². The van der Waals surface area contributed by atoms with E-state index in [1.165, 1.54) is 4.31 Å². The van der Waals surface area contributed by atoms with Gasteiger partial charge >= 0.3 is 0 Å². The van der Waals surface area contributed by atoms with Crippen LogP contribution in [-0.2, 0) is 29.7 Å². The van der Waals surface area contributed by atoms with Gasteiger partial charge in [-0.2, -0.15) is 4.31 Å². The summed E-state index contributed by atoms with van der Waals surface area (Å²) >= 11 is 0. The summed E-state index contributed by atoms with van der Waals surface area (Å²) in [5, 5.41) is 3.31. The predicted molar refractivity (Wildman–Crippen MR) is 140 cm³/mol. The smallest absolute Gasteiger partial charge is 0.243 e. The third-order valence-electron chi connectivity index (χ3n) is 5.87. The second-order valence-corrected chi connectivity index (χ2v) is 10.4. The number of ether oxygens (including phenoxy) is 1. The molecule has 0 spiro atoms. The Balaban J connectivity index is 1.55. The topological polar surface area (TPSA) is 74.8 Å². The summed E-state index contributed by atoms with van der Waals surface area (Å²) in [7, 11) is -2.01. The zero-order valence-corrected chi connectivity index (χ0v) is 21.7. The van der Waals surface area contributed by atoms with Crippen LogP contribution < -0.4 is 10.1 Å². The van der Waals surface area contributed by atoms with Gasteiger partial charge in [0.25, 0.3) is 0 Å². The molecule has 0 saturated carbocycles. The number of aromatic nitrogens is 1. The van der Waals surface area contributed by atoms with Crippen LogP contribution in [0.15, 0.2) is 77.8 Å². The lowest BCUT2D eigenvalue weighted by Crippen LogP contribution is -2.28. The van der Waals surface area contributed by atoms with Crippen molar-refractivity contribution in [2.24, 2.45) is 0 Å². The van der Waals surface area contributed by atoms with Crippen molar-refractivity contribution in [3.8, 4) is 5.75 Å². The molecule has 0 radical (unpaired) electrons. The first-order valence-corrected chi connectivity index (χ1v) is 13.5. The fourth-order valence-corrected chi connectivity index (χ4v) is 4.93. The third kappa shape index (κ3) is 8.14. The molecular weight excluding hydrogens is 460 g/mol. The highest BCUT2D eigenvalue weighted by Gasteiger charge is 2.21. The highest BCUT2D eigenvalue weighted by Crippen LogP contribution is 2.20. The number of benzene rings is 2. The quantitative estimate of drug-likeness (QED) is 0.365. The zero-order valence-electron chi connectivity index (χ0n) is 20.9. The zero-order chi connectivity index (χ0) is 25.1. The molecule has 8 heteroatoms. The van der Waals surface area contributed by atoms with Crippen molar-refractivity contribution in [1.82, 2.24) is 19.5 Å². The SMILES string of the molecule is CCN(CC)CCOc1ccc(CN(C)S(=O)(=O)c2cccc(CNCc3ccccn3)c2)cc1. The average Bonchev–Trinajstić information content (AvgIpc) is 2.88. The number of nitrogens with one attached hydrogen (secondary N) is 1. The number of likely N-dealkylation sites (N-methyl/N-ethyl adjacent to an activating group) is 1. The third-order valence-corrected chi connectivity index (χ3v) is 7.67. The predicted octanol–water partition coefficient (Wildman–Crippen LogP) is 3.91. The first-order valence-electron chi connectivity index (χ1n) is 12.0. The molecule has 0 unspecified atom stereocenters. The van der Waals surface area contributed by atoms with E-state index >= 15 is 0 Å². The van der Waals surface area contributed by atoms with Crippen molar-refractivity contribution < 1.29 is 13.2 Å². The monoisotopic (exact) mass is 496 g/mol. The van der Waals surface area contributed by atoms with Gasteiger partial charge < -0.3 is 15.0 Å². The summed E-state index contributed by atoms with van der Waals surface area (Å²) in [6.07, 6.45) is 1.76. The van der Waals surface area contributed by atoms with Gasteiger partial charge in [-0.1, -0.05) is 44.2 Å². The summed E-state index contributed by atoms with van der Waals surface area (Å²) in [6.45, 7) is 9.25. The van der Waals surface area contributed by atoms with E-state index in [4.69, 9.17) is 4.74 Å². The maximum absolute atomic E-state index is 13.2. The Morgan fingerprint density at radius 2 is 1.69 bits per heavy atom. The summed E-state index contributed by atoms with van der Waals surface area (Å²) < 4.78 is 33.6. The molecule has 1 N–H and O–H groups in total. The molecule has 7 nitrogen and oxygen atoms in total. The van der Waals surface area contributed by atoms with Gasteiger partial charge in [-0.15, -0.1) is 0 Å². The van der Waals surface area contributed by atoms with Crippen molar-refractivity contribution in [2.45, 2.75) is 38.4 Å². The molecule has 0 bridgehead atoms. The summed E-state index contributed by atoms with van der Waals surface area (Å²) in [4.78, 5) is 6.88. The first kappa shape index (κ1) is 26.8. The molecule has 0 saturated heterocycles. The minimum Gasteiger partial charge on any atom is -0.492 e. The van der Waals surface area contributed by atoms with Crippen LogP contribution in [-0.4, -0.2) is 55.9 Å². The standard InChI is InChI=1S/C27H36N4O3S/c1-4-31(5-2)17-18-34-26-14-12-23(13-15-26)22-30(3)35(32,33)27-11-8-9-24(19-27)20-28-21-25-10-6-7-16-29-25/h6-16,19,28H,4-5,17-18,20-22H2,1-3H3. The number of rotatable bonds is 14. The maximum atomic E-state index is 13.2. The first-order chi connectivity index (χ1) is 16.9. The molecular formula is C27H36N4O3S. The van der Waals surface area contributed by atoms with E-state index in [0.29, 0.717) is 19.7 Å². The molecule has 1 aromatic heterocycles. The van der Waals surface area contributed by atoms with Gasteiger partial charge in [-0.05, 0) is 60.6 Å². The van der Waals surface area contributed by atoms with Gasteiger partial charge in [0.1, 0.15) is 12.4 Å². The van der Waals surface area contributed by atoms with E-state index in [1.54, 1.807) is 31.4 Å². The molecule has 3 rings (SSSR count). The lowest BCUT2D eigenvalue weighted by Gasteiger charge is -2.19. The molecule has 3 aromatic rings. The van der Waals surface area contributed by atoms with Gasteiger partial charge in [-0.3, -0.25) is 4.98 Å². The summed E-state index contributed by atoms with van der Waals surface area (Å²) in [6, 6.07) is 20.5. The van der Waals surface area contributed by atoms with Crippen LogP contribution in [0.25, 0.3) is 0 Å². The average molecular weight is 497 g/mol. The van der Waals surface area contributed by atoms with Crippen LogP contribution in [0.4, 0.5) is 0 Å². The van der Waals surface area contributed by atoms with Gasteiger partial charge in [0.15, 0.2) is 0 Å². The second-order valence-electron chi connectivity index (χ2n) is 8.35. The number of sulfonamides is 1. The van der Waals surface area contributed by atoms with Crippen molar-refractivity contribution in [1.29, 1.82) is 0 Å². The Morgan fingerprint density at radius 3 is 2.37 bits per heavy atom. The van der Waals surface area contributed by atoms with Gasteiger partial charge in [0.05, 0.1) is 10.6 Å². The van der Waals surface area contributed by atoms with Crippen LogP contribution in [0.1, 0.15) is 30.7 Å². The van der Waals surface area contributed by atoms with Crippen molar-refractivity contribution >= 4 is 10.0 Å².